The molecule has 0 spiro atoms. The summed E-state index contributed by atoms with van der Waals surface area (Å²) in [7, 11) is 0. The lowest BCUT2D eigenvalue weighted by Gasteiger charge is -2.15. The molecule has 21 heavy (non-hydrogen) atoms. The van der Waals surface area contributed by atoms with Crippen LogP contribution in [0.5, 0.6) is 0 Å². The van der Waals surface area contributed by atoms with Crippen LogP contribution in [0, 0.1) is 5.82 Å². The van der Waals surface area contributed by atoms with E-state index in [1.165, 1.54) is 29.8 Å². The molecule has 0 fully saturated rings. The van der Waals surface area contributed by atoms with Crippen molar-refractivity contribution >= 4 is 11.7 Å². The van der Waals surface area contributed by atoms with Gasteiger partial charge in [0.25, 0.3) is 0 Å². The Morgan fingerprint density at radius 2 is 1.71 bits per heavy atom. The molecule has 1 atom stereocenters. The molecule has 0 aliphatic carbocycles. The fraction of sp³-hybridized carbons (Fsp3) is 0.235. The lowest BCUT2D eigenvalue weighted by molar-refractivity contribution is 0.249. The molecule has 2 rings (SSSR count). The molecule has 1 unspecified atom stereocenters. The summed E-state index contributed by atoms with van der Waals surface area (Å²) in [6.45, 7) is 4.03. The zero-order valence-corrected chi connectivity index (χ0v) is 12.2. The van der Waals surface area contributed by atoms with E-state index >= 15 is 0 Å². The van der Waals surface area contributed by atoms with E-state index in [0.29, 0.717) is 5.69 Å². The lowest BCUT2D eigenvalue weighted by atomic mass is 10.1. The van der Waals surface area contributed by atoms with Gasteiger partial charge in [-0.25, -0.2) is 9.18 Å². The van der Waals surface area contributed by atoms with Gasteiger partial charge in [0.15, 0.2) is 0 Å². The Morgan fingerprint density at radius 1 is 1.10 bits per heavy atom. The minimum Gasteiger partial charge on any atom is -0.331 e. The highest BCUT2D eigenvalue weighted by Crippen LogP contribution is 2.14. The van der Waals surface area contributed by atoms with Gasteiger partial charge in [0.1, 0.15) is 5.82 Å². The van der Waals surface area contributed by atoms with Crippen LogP contribution in [-0.2, 0) is 6.42 Å². The maximum Gasteiger partial charge on any atom is 0.319 e. The Morgan fingerprint density at radius 3 is 2.29 bits per heavy atom. The van der Waals surface area contributed by atoms with E-state index in [-0.39, 0.29) is 17.9 Å². The normalized spacial score (nSPS) is 11.8. The SMILES string of the molecule is CCc1ccc(C(C)NC(=O)Nc2ccc(F)cc2)cc1. The third kappa shape index (κ3) is 4.31. The summed E-state index contributed by atoms with van der Waals surface area (Å²) in [5.41, 5.74) is 2.87. The summed E-state index contributed by atoms with van der Waals surface area (Å²) in [4.78, 5) is 11.9. The monoisotopic (exact) mass is 286 g/mol. The number of anilines is 1. The van der Waals surface area contributed by atoms with Crippen molar-refractivity contribution in [1.29, 1.82) is 0 Å². The van der Waals surface area contributed by atoms with Gasteiger partial charge >= 0.3 is 6.03 Å². The van der Waals surface area contributed by atoms with Crippen molar-refractivity contribution in [2.24, 2.45) is 0 Å². The highest BCUT2D eigenvalue weighted by molar-refractivity contribution is 5.89. The van der Waals surface area contributed by atoms with Gasteiger partial charge in [-0.2, -0.15) is 0 Å². The van der Waals surface area contributed by atoms with E-state index in [1.54, 1.807) is 0 Å². The Kier molecular flexibility index (Phi) is 4.93. The second-order valence-corrected chi connectivity index (χ2v) is 4.92. The van der Waals surface area contributed by atoms with E-state index in [0.717, 1.165) is 12.0 Å². The number of hydrogen-bond donors (Lipinski definition) is 2. The van der Waals surface area contributed by atoms with E-state index in [9.17, 15) is 9.18 Å². The number of hydrogen-bond acceptors (Lipinski definition) is 1. The van der Waals surface area contributed by atoms with Gasteiger partial charge in [0.2, 0.25) is 0 Å². The Bertz CT molecular complexity index is 593. The number of carbonyl (C=O) groups excluding carboxylic acids is 1. The number of benzene rings is 2. The largest absolute Gasteiger partial charge is 0.331 e. The highest BCUT2D eigenvalue weighted by atomic mass is 19.1. The van der Waals surface area contributed by atoms with Crippen LogP contribution in [0.4, 0.5) is 14.9 Å². The van der Waals surface area contributed by atoms with Gasteiger partial charge < -0.3 is 10.6 Å². The molecular weight excluding hydrogens is 267 g/mol. The van der Waals surface area contributed by atoms with Gasteiger partial charge in [-0.05, 0) is 48.7 Å². The fourth-order valence-electron chi connectivity index (χ4n) is 2.02. The molecule has 2 aromatic carbocycles. The molecule has 110 valence electrons. The third-order valence-corrected chi connectivity index (χ3v) is 3.34. The van der Waals surface area contributed by atoms with Crippen molar-refractivity contribution in [1.82, 2.24) is 5.32 Å². The maximum atomic E-state index is 12.8. The molecule has 4 heteroatoms. The van der Waals surface area contributed by atoms with E-state index < -0.39 is 0 Å². The second kappa shape index (κ2) is 6.88. The topological polar surface area (TPSA) is 41.1 Å². The Balaban J connectivity index is 1.93. The first-order chi connectivity index (χ1) is 10.1. The van der Waals surface area contributed by atoms with E-state index in [4.69, 9.17) is 0 Å². The van der Waals surface area contributed by atoms with Crippen molar-refractivity contribution < 1.29 is 9.18 Å². The summed E-state index contributed by atoms with van der Waals surface area (Å²) in [6.07, 6.45) is 0.993. The molecule has 0 bridgehead atoms. The van der Waals surface area contributed by atoms with Crippen LogP contribution in [0.15, 0.2) is 48.5 Å². The average Bonchev–Trinajstić information content (AvgIpc) is 2.49. The van der Waals surface area contributed by atoms with E-state index in [1.807, 2.05) is 19.1 Å². The quantitative estimate of drug-likeness (QED) is 0.865. The summed E-state index contributed by atoms with van der Waals surface area (Å²) in [5, 5.41) is 5.53. The summed E-state index contributed by atoms with van der Waals surface area (Å²) >= 11 is 0. The van der Waals surface area contributed by atoms with Gasteiger partial charge in [-0.1, -0.05) is 31.2 Å². The molecule has 2 amide bonds. The fourth-order valence-corrected chi connectivity index (χ4v) is 2.02. The number of urea groups is 1. The van der Waals surface area contributed by atoms with Crippen molar-refractivity contribution in [2.75, 3.05) is 5.32 Å². The van der Waals surface area contributed by atoms with Crippen LogP contribution in [0.1, 0.15) is 31.0 Å². The lowest BCUT2D eigenvalue weighted by Crippen LogP contribution is -2.31. The molecule has 0 aromatic heterocycles. The molecule has 2 N–H and O–H groups in total. The number of rotatable bonds is 4. The molecule has 0 aliphatic heterocycles. The molecule has 2 aromatic rings. The predicted octanol–water partition coefficient (Wildman–Crippen LogP) is 4.27. The van der Waals surface area contributed by atoms with E-state index in [2.05, 4.69) is 29.7 Å². The van der Waals surface area contributed by atoms with Gasteiger partial charge in [-0.15, -0.1) is 0 Å². The number of halogens is 1. The highest BCUT2D eigenvalue weighted by Gasteiger charge is 2.09. The summed E-state index contributed by atoms with van der Waals surface area (Å²) < 4.78 is 12.8. The smallest absolute Gasteiger partial charge is 0.319 e. The number of nitrogens with one attached hydrogen (secondary N) is 2. The van der Waals surface area contributed by atoms with Gasteiger partial charge in [0.05, 0.1) is 6.04 Å². The first-order valence-electron chi connectivity index (χ1n) is 7.00. The summed E-state index contributed by atoms with van der Waals surface area (Å²) in [5.74, 6) is -0.328. The molecule has 0 radical (unpaired) electrons. The molecule has 0 saturated carbocycles. The van der Waals surface area contributed by atoms with Crippen molar-refractivity contribution in [3.05, 3.63) is 65.5 Å². The minimum atomic E-state index is -0.328. The van der Waals surface area contributed by atoms with Crippen molar-refractivity contribution in [2.45, 2.75) is 26.3 Å². The van der Waals surface area contributed by atoms with Crippen molar-refractivity contribution in [3.8, 4) is 0 Å². The van der Waals surface area contributed by atoms with Crippen LogP contribution in [0.2, 0.25) is 0 Å². The standard InChI is InChI=1S/C17H19FN2O/c1-3-13-4-6-14(7-5-13)12(2)19-17(21)20-16-10-8-15(18)9-11-16/h4-12H,3H2,1-2H3,(H2,19,20,21). The van der Waals surface area contributed by atoms with Crippen LogP contribution in [-0.4, -0.2) is 6.03 Å². The van der Waals surface area contributed by atoms with Crippen molar-refractivity contribution in [3.63, 3.8) is 0 Å². The van der Waals surface area contributed by atoms with Crippen LogP contribution in [0.25, 0.3) is 0 Å². The predicted molar refractivity (Wildman–Crippen MR) is 82.8 cm³/mol. The molecule has 3 nitrogen and oxygen atoms in total. The molecule has 0 aliphatic rings. The molecular formula is C17H19FN2O. The Labute approximate surface area is 124 Å². The number of amides is 2. The zero-order chi connectivity index (χ0) is 15.2. The first-order valence-corrected chi connectivity index (χ1v) is 7.00. The molecule has 0 heterocycles. The minimum absolute atomic E-state index is 0.101. The van der Waals surface area contributed by atoms with Crippen LogP contribution >= 0.6 is 0 Å². The maximum absolute atomic E-state index is 12.8. The van der Waals surface area contributed by atoms with Gasteiger partial charge in [-0.3, -0.25) is 0 Å². The zero-order valence-electron chi connectivity index (χ0n) is 12.2. The van der Waals surface area contributed by atoms with Crippen LogP contribution < -0.4 is 10.6 Å². The average molecular weight is 286 g/mol. The third-order valence-electron chi connectivity index (χ3n) is 3.34. The number of aryl methyl sites for hydroxylation is 1. The summed E-state index contributed by atoms with van der Waals surface area (Å²) in [6, 6.07) is 13.4. The van der Waals surface area contributed by atoms with Crippen LogP contribution in [0.3, 0.4) is 0 Å². The molecule has 0 saturated heterocycles. The van der Waals surface area contributed by atoms with Gasteiger partial charge in [0, 0.05) is 5.69 Å². The number of carbonyl (C=O) groups is 1. The second-order valence-electron chi connectivity index (χ2n) is 4.92. The first kappa shape index (κ1) is 15.0. The Hall–Kier alpha value is -2.36.